The molecule has 0 bridgehead atoms. The van der Waals surface area contributed by atoms with Crippen LogP contribution in [0.3, 0.4) is 0 Å². The molecule has 0 aromatic heterocycles. The lowest BCUT2D eigenvalue weighted by atomic mass is 10.1. The van der Waals surface area contributed by atoms with Crippen LogP contribution in [-0.4, -0.2) is 30.8 Å². The molecule has 0 spiro atoms. The molecule has 0 aliphatic rings. The summed E-state index contributed by atoms with van der Waals surface area (Å²) >= 11 is 0. The molecule has 0 aliphatic heterocycles. The monoisotopic (exact) mass is 244 g/mol. The molecule has 98 valence electrons. The molecule has 0 saturated heterocycles. The van der Waals surface area contributed by atoms with Gasteiger partial charge in [0, 0.05) is 11.6 Å². The Hall–Kier alpha value is -1.72. The average Bonchev–Trinajstić information content (AvgIpc) is 2.12. The van der Waals surface area contributed by atoms with Crippen LogP contribution in [-0.2, 0) is 14.3 Å². The van der Waals surface area contributed by atoms with Gasteiger partial charge in [-0.2, -0.15) is 0 Å². The summed E-state index contributed by atoms with van der Waals surface area (Å²) in [6.07, 6.45) is 0.506. The van der Waals surface area contributed by atoms with Crippen molar-refractivity contribution in [1.29, 1.82) is 0 Å². The number of carbonyl (C=O) groups excluding carboxylic acids is 2. The Morgan fingerprint density at radius 2 is 1.88 bits per heavy atom. The van der Waals surface area contributed by atoms with Crippen molar-refractivity contribution in [3.05, 3.63) is 11.8 Å². The summed E-state index contributed by atoms with van der Waals surface area (Å²) in [6.45, 7) is 7.29. The van der Waals surface area contributed by atoms with Gasteiger partial charge in [-0.15, -0.1) is 0 Å². The van der Waals surface area contributed by atoms with Crippen LogP contribution in [0.25, 0.3) is 0 Å². The Balaban J connectivity index is 4.03. The molecular formula is C11H20N2O4. The first kappa shape index (κ1) is 15.3. The van der Waals surface area contributed by atoms with Gasteiger partial charge in [-0.3, -0.25) is 0 Å². The van der Waals surface area contributed by atoms with E-state index in [1.54, 1.807) is 6.92 Å². The number of carbonyl (C=O) groups is 2. The standard InChI is InChI=1S/C11H20N2O4/c1-5-16-9(14)6-8(12)7-17-10(15)13-11(2,3)4/h6H,5,7,12H2,1-4H3,(H,13,15)/b8-6-. The van der Waals surface area contributed by atoms with Crippen LogP contribution in [0.15, 0.2) is 11.8 Å². The van der Waals surface area contributed by atoms with Gasteiger partial charge in [-0.1, -0.05) is 0 Å². The summed E-state index contributed by atoms with van der Waals surface area (Å²) in [5.41, 5.74) is 5.23. The van der Waals surface area contributed by atoms with Gasteiger partial charge in [0.1, 0.15) is 6.61 Å². The molecule has 0 aliphatic carbocycles. The van der Waals surface area contributed by atoms with Gasteiger partial charge in [-0.25, -0.2) is 9.59 Å². The maximum absolute atomic E-state index is 11.2. The van der Waals surface area contributed by atoms with Crippen LogP contribution in [0.1, 0.15) is 27.7 Å². The van der Waals surface area contributed by atoms with Crippen LogP contribution in [0.2, 0.25) is 0 Å². The third kappa shape index (κ3) is 9.22. The molecule has 0 saturated carbocycles. The minimum absolute atomic E-state index is 0.132. The number of hydrogen-bond acceptors (Lipinski definition) is 5. The molecule has 0 heterocycles. The fraction of sp³-hybridized carbons (Fsp3) is 0.636. The molecule has 3 N–H and O–H groups in total. The second kappa shape index (κ2) is 6.78. The van der Waals surface area contributed by atoms with Gasteiger partial charge in [0.25, 0.3) is 0 Å². The van der Waals surface area contributed by atoms with Crippen LogP contribution < -0.4 is 11.1 Å². The Bertz CT molecular complexity index is 305. The van der Waals surface area contributed by atoms with Gasteiger partial charge in [-0.05, 0) is 27.7 Å². The number of hydrogen-bond donors (Lipinski definition) is 2. The third-order valence-corrected chi connectivity index (χ3v) is 1.44. The summed E-state index contributed by atoms with van der Waals surface area (Å²) < 4.78 is 9.46. The largest absolute Gasteiger partial charge is 0.463 e. The first-order chi connectivity index (χ1) is 7.74. The Kier molecular flexibility index (Phi) is 6.09. The number of nitrogens with one attached hydrogen (secondary N) is 1. The third-order valence-electron chi connectivity index (χ3n) is 1.44. The van der Waals surface area contributed by atoms with E-state index in [4.69, 9.17) is 10.5 Å². The van der Waals surface area contributed by atoms with Crippen molar-refractivity contribution in [2.45, 2.75) is 33.2 Å². The molecule has 6 heteroatoms. The van der Waals surface area contributed by atoms with Crippen molar-refractivity contribution in [1.82, 2.24) is 5.32 Å². The maximum atomic E-state index is 11.2. The fourth-order valence-corrected chi connectivity index (χ4v) is 0.868. The predicted octanol–water partition coefficient (Wildman–Crippen LogP) is 0.917. The zero-order valence-corrected chi connectivity index (χ0v) is 10.7. The van der Waals surface area contributed by atoms with E-state index in [2.05, 4.69) is 10.1 Å². The van der Waals surface area contributed by atoms with E-state index < -0.39 is 12.1 Å². The topological polar surface area (TPSA) is 90.7 Å². The number of alkyl carbamates (subject to hydrolysis) is 1. The van der Waals surface area contributed by atoms with Crippen molar-refractivity contribution in [3.8, 4) is 0 Å². The number of esters is 1. The number of nitrogens with two attached hydrogens (primary N) is 1. The Morgan fingerprint density at radius 1 is 1.29 bits per heavy atom. The lowest BCUT2D eigenvalue weighted by molar-refractivity contribution is -0.137. The summed E-state index contributed by atoms with van der Waals surface area (Å²) in [5, 5.41) is 2.59. The van der Waals surface area contributed by atoms with E-state index in [0.717, 1.165) is 6.08 Å². The Labute approximate surface area is 101 Å². The summed E-state index contributed by atoms with van der Waals surface area (Å²) in [4.78, 5) is 22.2. The van der Waals surface area contributed by atoms with Gasteiger partial charge in [0.05, 0.1) is 12.3 Å². The minimum Gasteiger partial charge on any atom is -0.463 e. The van der Waals surface area contributed by atoms with Gasteiger partial charge < -0.3 is 20.5 Å². The highest BCUT2D eigenvalue weighted by Crippen LogP contribution is 1.99. The minimum atomic E-state index is -0.585. The second-order valence-corrected chi connectivity index (χ2v) is 4.42. The average molecular weight is 244 g/mol. The van der Waals surface area contributed by atoms with Crippen molar-refractivity contribution < 1.29 is 19.1 Å². The van der Waals surface area contributed by atoms with Crippen molar-refractivity contribution in [2.75, 3.05) is 13.2 Å². The molecular weight excluding hydrogens is 224 g/mol. The Morgan fingerprint density at radius 3 is 2.35 bits per heavy atom. The van der Waals surface area contributed by atoms with E-state index in [-0.39, 0.29) is 24.4 Å². The van der Waals surface area contributed by atoms with E-state index >= 15 is 0 Å². The highest BCUT2D eigenvalue weighted by Gasteiger charge is 2.14. The predicted molar refractivity (Wildman–Crippen MR) is 63.1 cm³/mol. The zero-order valence-electron chi connectivity index (χ0n) is 10.7. The quantitative estimate of drug-likeness (QED) is 0.566. The molecule has 1 amide bonds. The van der Waals surface area contributed by atoms with Gasteiger partial charge in [0.15, 0.2) is 0 Å². The van der Waals surface area contributed by atoms with Gasteiger partial charge in [0.2, 0.25) is 0 Å². The second-order valence-electron chi connectivity index (χ2n) is 4.42. The maximum Gasteiger partial charge on any atom is 0.407 e. The van der Waals surface area contributed by atoms with E-state index in [9.17, 15) is 9.59 Å². The smallest absolute Gasteiger partial charge is 0.407 e. The van der Waals surface area contributed by atoms with E-state index in [1.165, 1.54) is 0 Å². The molecule has 0 radical (unpaired) electrons. The van der Waals surface area contributed by atoms with Crippen molar-refractivity contribution in [2.24, 2.45) is 5.73 Å². The molecule has 6 nitrogen and oxygen atoms in total. The molecule has 0 fully saturated rings. The summed E-state index contributed by atoms with van der Waals surface area (Å²) in [5.74, 6) is -0.551. The fourth-order valence-electron chi connectivity index (χ4n) is 0.868. The molecule has 0 unspecified atom stereocenters. The normalized spacial score (nSPS) is 11.9. The first-order valence-electron chi connectivity index (χ1n) is 5.32. The highest BCUT2D eigenvalue weighted by atomic mass is 16.5. The molecule has 17 heavy (non-hydrogen) atoms. The van der Waals surface area contributed by atoms with Crippen LogP contribution in [0, 0.1) is 0 Å². The molecule has 0 aromatic carbocycles. The van der Waals surface area contributed by atoms with Crippen molar-refractivity contribution >= 4 is 12.1 Å². The highest BCUT2D eigenvalue weighted by molar-refractivity contribution is 5.82. The summed E-state index contributed by atoms with van der Waals surface area (Å²) in [7, 11) is 0. The van der Waals surface area contributed by atoms with Crippen LogP contribution >= 0.6 is 0 Å². The number of rotatable bonds is 4. The zero-order chi connectivity index (χ0) is 13.5. The lowest BCUT2D eigenvalue weighted by Crippen LogP contribution is -2.41. The summed E-state index contributed by atoms with van der Waals surface area (Å²) in [6, 6.07) is 0. The molecule has 0 atom stereocenters. The SMILES string of the molecule is CCOC(=O)/C=C(\N)COC(=O)NC(C)(C)C. The number of ether oxygens (including phenoxy) is 2. The van der Waals surface area contributed by atoms with Crippen LogP contribution in [0.4, 0.5) is 4.79 Å². The van der Waals surface area contributed by atoms with E-state index in [1.807, 2.05) is 20.8 Å². The first-order valence-corrected chi connectivity index (χ1v) is 5.32. The lowest BCUT2D eigenvalue weighted by Gasteiger charge is -2.19. The molecule has 0 rings (SSSR count). The van der Waals surface area contributed by atoms with E-state index in [0.29, 0.717) is 0 Å². The van der Waals surface area contributed by atoms with Gasteiger partial charge >= 0.3 is 12.1 Å². The number of amides is 1. The van der Waals surface area contributed by atoms with Crippen LogP contribution in [0.5, 0.6) is 0 Å². The molecule has 0 aromatic rings. The van der Waals surface area contributed by atoms with Crippen molar-refractivity contribution in [3.63, 3.8) is 0 Å².